The highest BCUT2D eigenvalue weighted by molar-refractivity contribution is 6.31. The Morgan fingerprint density at radius 3 is 2.90 bits per heavy atom. The molecule has 1 heterocycles. The molecule has 0 amide bonds. The first-order valence-corrected chi connectivity index (χ1v) is 6.70. The molecule has 0 unspecified atom stereocenters. The molecule has 0 atom stereocenters. The minimum Gasteiger partial charge on any atom is -0.493 e. The third kappa shape index (κ3) is 2.83. The van der Waals surface area contributed by atoms with Crippen LogP contribution in [0.15, 0.2) is 30.3 Å². The van der Waals surface area contributed by atoms with Gasteiger partial charge < -0.3 is 19.5 Å². The number of benzene rings is 2. The Labute approximate surface area is 126 Å². The maximum atomic E-state index is 13.1. The molecule has 110 valence electrons. The lowest BCUT2D eigenvalue weighted by Gasteiger charge is -2.10. The van der Waals surface area contributed by atoms with Gasteiger partial charge in [0.25, 0.3) is 0 Å². The minimum atomic E-state index is -0.438. The zero-order valence-corrected chi connectivity index (χ0v) is 12.0. The lowest BCUT2D eigenvalue weighted by atomic mass is 10.1. The van der Waals surface area contributed by atoms with Gasteiger partial charge in [0.2, 0.25) is 12.5 Å². The minimum absolute atomic E-state index is 0.0864. The molecular formula is C15H13ClFNO3. The molecule has 0 saturated carbocycles. The van der Waals surface area contributed by atoms with Crippen LogP contribution in [0.2, 0.25) is 5.02 Å². The lowest BCUT2D eigenvalue weighted by molar-refractivity contribution is 0.171. The second kappa shape index (κ2) is 5.69. The van der Waals surface area contributed by atoms with E-state index in [1.807, 2.05) is 12.1 Å². The fraction of sp³-hybridized carbons (Fsp3) is 0.200. The number of nitrogens with one attached hydrogen (secondary N) is 1. The Hall–Kier alpha value is -2.14. The molecule has 1 N–H and O–H groups in total. The number of fused-ring (bicyclic) bond motifs is 1. The van der Waals surface area contributed by atoms with Crippen LogP contribution in [0.5, 0.6) is 17.2 Å². The highest BCUT2D eigenvalue weighted by Crippen LogP contribution is 2.41. The zero-order valence-electron chi connectivity index (χ0n) is 11.3. The average molecular weight is 310 g/mol. The van der Waals surface area contributed by atoms with Gasteiger partial charge in [-0.25, -0.2) is 4.39 Å². The van der Waals surface area contributed by atoms with Gasteiger partial charge in [0.05, 0.1) is 12.1 Å². The van der Waals surface area contributed by atoms with Crippen molar-refractivity contribution in [1.29, 1.82) is 0 Å². The fourth-order valence-electron chi connectivity index (χ4n) is 2.10. The SMILES string of the molecule is COc1cc(CNc2ccc(F)c(Cl)c2)cc2c1OCO2. The van der Waals surface area contributed by atoms with E-state index in [-0.39, 0.29) is 11.8 Å². The number of ether oxygens (including phenoxy) is 3. The molecule has 0 aliphatic carbocycles. The molecule has 21 heavy (non-hydrogen) atoms. The van der Waals surface area contributed by atoms with E-state index in [0.717, 1.165) is 11.3 Å². The predicted molar refractivity (Wildman–Crippen MR) is 77.9 cm³/mol. The third-order valence-electron chi connectivity index (χ3n) is 3.13. The average Bonchev–Trinajstić information content (AvgIpc) is 2.96. The lowest BCUT2D eigenvalue weighted by Crippen LogP contribution is -2.00. The molecule has 0 radical (unpaired) electrons. The maximum absolute atomic E-state index is 13.1. The molecule has 0 saturated heterocycles. The van der Waals surface area contributed by atoms with Gasteiger partial charge in [-0.2, -0.15) is 0 Å². The van der Waals surface area contributed by atoms with Gasteiger partial charge in [0.1, 0.15) is 5.82 Å². The second-order valence-electron chi connectivity index (χ2n) is 4.51. The van der Waals surface area contributed by atoms with E-state index >= 15 is 0 Å². The quantitative estimate of drug-likeness (QED) is 0.932. The van der Waals surface area contributed by atoms with Gasteiger partial charge in [-0.15, -0.1) is 0 Å². The van der Waals surface area contributed by atoms with E-state index in [2.05, 4.69) is 5.32 Å². The molecule has 6 heteroatoms. The van der Waals surface area contributed by atoms with Crippen molar-refractivity contribution in [2.75, 3.05) is 19.2 Å². The van der Waals surface area contributed by atoms with Crippen LogP contribution in [0.25, 0.3) is 0 Å². The van der Waals surface area contributed by atoms with E-state index in [1.54, 1.807) is 19.2 Å². The van der Waals surface area contributed by atoms with Crippen LogP contribution < -0.4 is 19.5 Å². The van der Waals surface area contributed by atoms with Gasteiger partial charge >= 0.3 is 0 Å². The van der Waals surface area contributed by atoms with Crippen molar-refractivity contribution >= 4 is 17.3 Å². The van der Waals surface area contributed by atoms with Crippen molar-refractivity contribution < 1.29 is 18.6 Å². The standard InChI is InChI=1S/C15H13ClFNO3/c1-19-13-4-9(5-14-15(13)21-8-20-14)7-18-10-2-3-12(17)11(16)6-10/h2-6,18H,7-8H2,1H3. The number of hydrogen-bond acceptors (Lipinski definition) is 4. The Morgan fingerprint density at radius 1 is 1.29 bits per heavy atom. The maximum Gasteiger partial charge on any atom is 0.231 e. The van der Waals surface area contributed by atoms with Crippen LogP contribution in [-0.4, -0.2) is 13.9 Å². The van der Waals surface area contributed by atoms with E-state index in [0.29, 0.717) is 23.8 Å². The van der Waals surface area contributed by atoms with Crippen molar-refractivity contribution in [2.24, 2.45) is 0 Å². The monoisotopic (exact) mass is 309 g/mol. The molecular weight excluding hydrogens is 297 g/mol. The van der Waals surface area contributed by atoms with Crippen LogP contribution in [0.1, 0.15) is 5.56 Å². The highest BCUT2D eigenvalue weighted by atomic mass is 35.5. The molecule has 0 spiro atoms. The summed E-state index contributed by atoms with van der Waals surface area (Å²) in [6.45, 7) is 0.713. The van der Waals surface area contributed by atoms with Gasteiger partial charge in [0.15, 0.2) is 11.5 Å². The van der Waals surface area contributed by atoms with Crippen molar-refractivity contribution in [3.05, 3.63) is 46.7 Å². The van der Waals surface area contributed by atoms with Crippen molar-refractivity contribution in [1.82, 2.24) is 0 Å². The predicted octanol–water partition coefficient (Wildman–Crippen LogP) is 3.83. The van der Waals surface area contributed by atoms with Crippen molar-refractivity contribution in [2.45, 2.75) is 6.54 Å². The summed E-state index contributed by atoms with van der Waals surface area (Å²) in [5.41, 5.74) is 1.69. The molecule has 0 fully saturated rings. The summed E-state index contributed by atoms with van der Waals surface area (Å²) >= 11 is 5.75. The molecule has 1 aliphatic heterocycles. The molecule has 4 nitrogen and oxygen atoms in total. The Morgan fingerprint density at radius 2 is 2.14 bits per heavy atom. The van der Waals surface area contributed by atoms with Crippen molar-refractivity contribution in [3.63, 3.8) is 0 Å². The fourth-order valence-corrected chi connectivity index (χ4v) is 2.28. The number of methoxy groups -OCH3 is 1. The summed E-state index contributed by atoms with van der Waals surface area (Å²) in [4.78, 5) is 0. The molecule has 2 aromatic carbocycles. The molecule has 1 aliphatic rings. The first-order valence-electron chi connectivity index (χ1n) is 6.33. The van der Waals surface area contributed by atoms with Gasteiger partial charge in [0, 0.05) is 12.2 Å². The van der Waals surface area contributed by atoms with Crippen LogP contribution >= 0.6 is 11.6 Å². The number of hydrogen-bond donors (Lipinski definition) is 1. The zero-order chi connectivity index (χ0) is 14.8. The topological polar surface area (TPSA) is 39.7 Å². The van der Waals surface area contributed by atoms with Crippen LogP contribution in [0, 0.1) is 5.82 Å². The summed E-state index contributed by atoms with van der Waals surface area (Å²) in [5.74, 6) is 1.46. The summed E-state index contributed by atoms with van der Waals surface area (Å²) in [5, 5.41) is 3.25. The molecule has 0 aromatic heterocycles. The first-order chi connectivity index (χ1) is 10.2. The molecule has 3 rings (SSSR count). The van der Waals surface area contributed by atoms with Gasteiger partial charge in [-0.1, -0.05) is 11.6 Å². The van der Waals surface area contributed by atoms with E-state index in [9.17, 15) is 4.39 Å². The normalized spacial score (nSPS) is 12.3. The van der Waals surface area contributed by atoms with Crippen LogP contribution in [0.3, 0.4) is 0 Å². The Balaban J connectivity index is 1.77. The summed E-state index contributed by atoms with van der Waals surface area (Å²) in [7, 11) is 1.58. The first kappa shape index (κ1) is 13.8. The number of rotatable bonds is 4. The number of anilines is 1. The second-order valence-corrected chi connectivity index (χ2v) is 4.92. The van der Waals surface area contributed by atoms with Gasteiger partial charge in [-0.3, -0.25) is 0 Å². The largest absolute Gasteiger partial charge is 0.493 e. The smallest absolute Gasteiger partial charge is 0.231 e. The molecule has 0 bridgehead atoms. The summed E-state index contributed by atoms with van der Waals surface area (Å²) in [6, 6.07) is 8.24. The van der Waals surface area contributed by atoms with Crippen LogP contribution in [-0.2, 0) is 6.54 Å². The Kier molecular flexibility index (Phi) is 3.75. The van der Waals surface area contributed by atoms with E-state index in [4.69, 9.17) is 25.8 Å². The summed E-state index contributed by atoms with van der Waals surface area (Å²) in [6.07, 6.45) is 0. The molecule has 2 aromatic rings. The Bertz CT molecular complexity index is 678. The van der Waals surface area contributed by atoms with Crippen LogP contribution in [0.4, 0.5) is 10.1 Å². The summed E-state index contributed by atoms with van der Waals surface area (Å²) < 4.78 is 29.1. The number of halogens is 2. The highest BCUT2D eigenvalue weighted by Gasteiger charge is 2.19. The van der Waals surface area contributed by atoms with Gasteiger partial charge in [-0.05, 0) is 35.9 Å². The van der Waals surface area contributed by atoms with E-state index < -0.39 is 5.82 Å². The third-order valence-corrected chi connectivity index (χ3v) is 3.42. The van der Waals surface area contributed by atoms with Crippen molar-refractivity contribution in [3.8, 4) is 17.2 Å². The van der Waals surface area contributed by atoms with E-state index in [1.165, 1.54) is 6.07 Å².